The molecule has 0 saturated carbocycles. The molecule has 0 bridgehead atoms. The summed E-state index contributed by atoms with van der Waals surface area (Å²) in [5, 5.41) is 2.80. The van der Waals surface area contributed by atoms with Crippen molar-refractivity contribution in [3.05, 3.63) is 65.5 Å². The monoisotopic (exact) mass is 475 g/mol. The normalized spacial score (nSPS) is 16.1. The zero-order chi connectivity index (χ0) is 24.3. The molecule has 2 atom stereocenters. The molecule has 3 rings (SSSR count). The quantitative estimate of drug-likeness (QED) is 0.631. The third-order valence-corrected chi connectivity index (χ3v) is 7.41. The van der Waals surface area contributed by atoms with Crippen molar-refractivity contribution < 1.29 is 27.2 Å². The number of nitrogens with one attached hydrogen (secondary N) is 1. The average Bonchev–Trinajstić information content (AvgIpc) is 2.98. The van der Waals surface area contributed by atoms with Gasteiger partial charge in [-0.2, -0.15) is 0 Å². The highest BCUT2D eigenvalue weighted by Gasteiger charge is 2.43. The van der Waals surface area contributed by atoms with Crippen molar-refractivity contribution >= 4 is 27.7 Å². The first-order valence-electron chi connectivity index (χ1n) is 10.6. The number of fused-ring (bicyclic) bond motifs is 1. The first-order chi connectivity index (χ1) is 15.6. The number of carbonyl (C=O) groups is 3. The molecule has 176 valence electrons. The molecule has 0 radical (unpaired) electrons. The van der Waals surface area contributed by atoms with E-state index in [9.17, 15) is 27.2 Å². The molecular weight excluding hydrogens is 449 g/mol. The van der Waals surface area contributed by atoms with E-state index >= 15 is 0 Å². The van der Waals surface area contributed by atoms with Crippen LogP contribution in [0.25, 0.3) is 0 Å². The zero-order valence-electron chi connectivity index (χ0n) is 18.6. The molecule has 1 aliphatic heterocycles. The lowest BCUT2D eigenvalue weighted by Crippen LogP contribution is -2.52. The zero-order valence-corrected chi connectivity index (χ0v) is 19.4. The van der Waals surface area contributed by atoms with Gasteiger partial charge in [0, 0.05) is 12.6 Å². The summed E-state index contributed by atoms with van der Waals surface area (Å²) in [6, 6.07) is 10.1. The number of nitrogens with zero attached hydrogens (tertiary/aromatic N) is 2. The molecule has 3 amide bonds. The van der Waals surface area contributed by atoms with Gasteiger partial charge in [-0.1, -0.05) is 31.2 Å². The molecule has 10 heteroatoms. The Morgan fingerprint density at radius 1 is 1.09 bits per heavy atom. The Bertz CT molecular complexity index is 1170. The maximum absolute atomic E-state index is 13.3. The smallest absolute Gasteiger partial charge is 0.269 e. The number of hydrogen-bond donors (Lipinski definition) is 1. The lowest BCUT2D eigenvalue weighted by Gasteiger charge is -2.30. The van der Waals surface area contributed by atoms with Crippen LogP contribution >= 0.6 is 0 Å². The van der Waals surface area contributed by atoms with E-state index in [-0.39, 0.29) is 23.0 Å². The van der Waals surface area contributed by atoms with Gasteiger partial charge in [0.25, 0.3) is 15.9 Å². The molecule has 0 aliphatic carbocycles. The van der Waals surface area contributed by atoms with E-state index in [0.717, 1.165) is 0 Å². The van der Waals surface area contributed by atoms with E-state index in [0.29, 0.717) is 16.3 Å². The Balaban J connectivity index is 1.88. The number of halogens is 1. The first-order valence-corrected chi connectivity index (χ1v) is 12.0. The summed E-state index contributed by atoms with van der Waals surface area (Å²) in [6.45, 7) is 4.43. The summed E-state index contributed by atoms with van der Waals surface area (Å²) in [7, 11) is -4.19. The van der Waals surface area contributed by atoms with Gasteiger partial charge in [-0.3, -0.25) is 14.4 Å². The molecule has 0 aromatic heterocycles. The van der Waals surface area contributed by atoms with Gasteiger partial charge >= 0.3 is 0 Å². The summed E-state index contributed by atoms with van der Waals surface area (Å²) in [5.74, 6) is -2.39. The fraction of sp³-hybridized carbons (Fsp3) is 0.348. The van der Waals surface area contributed by atoms with Gasteiger partial charge in [-0.25, -0.2) is 17.1 Å². The minimum absolute atomic E-state index is 0.00190. The maximum Gasteiger partial charge on any atom is 0.269 e. The van der Waals surface area contributed by atoms with Crippen LogP contribution in [0.3, 0.4) is 0 Å². The number of hydrogen-bond acceptors (Lipinski definition) is 5. The highest BCUT2D eigenvalue weighted by Crippen LogP contribution is 2.30. The van der Waals surface area contributed by atoms with Crippen molar-refractivity contribution in [1.82, 2.24) is 14.5 Å². The van der Waals surface area contributed by atoms with Gasteiger partial charge < -0.3 is 10.2 Å². The van der Waals surface area contributed by atoms with E-state index < -0.39 is 46.1 Å². The molecule has 1 N–H and O–H groups in total. The van der Waals surface area contributed by atoms with Gasteiger partial charge in [0.15, 0.2) is 0 Å². The molecule has 1 aliphatic rings. The number of amides is 3. The SMILES string of the molecule is CC[C@H](C)NC(=O)[C@H](C)N(Cc1ccc(F)cc1)C(=O)CN1C(=O)c2ccccc2S1(=O)=O. The van der Waals surface area contributed by atoms with E-state index in [1.165, 1.54) is 54.3 Å². The molecule has 1 heterocycles. The Morgan fingerprint density at radius 2 is 1.73 bits per heavy atom. The van der Waals surface area contributed by atoms with Crippen molar-refractivity contribution in [1.29, 1.82) is 0 Å². The lowest BCUT2D eigenvalue weighted by molar-refractivity contribution is -0.140. The molecular formula is C23H26FN3O5S. The Hall–Kier alpha value is -3.27. The second-order valence-corrected chi connectivity index (χ2v) is 9.79. The second kappa shape index (κ2) is 9.70. The molecule has 33 heavy (non-hydrogen) atoms. The molecule has 0 spiro atoms. The number of benzene rings is 2. The van der Waals surface area contributed by atoms with Gasteiger partial charge in [-0.15, -0.1) is 0 Å². The summed E-state index contributed by atoms with van der Waals surface area (Å²) >= 11 is 0. The molecule has 0 fully saturated rings. The lowest BCUT2D eigenvalue weighted by atomic mass is 10.1. The van der Waals surface area contributed by atoms with Crippen molar-refractivity contribution in [2.45, 2.75) is 50.7 Å². The van der Waals surface area contributed by atoms with E-state index in [1.807, 2.05) is 13.8 Å². The average molecular weight is 476 g/mol. The van der Waals surface area contributed by atoms with Gasteiger partial charge in [0.1, 0.15) is 23.3 Å². The molecule has 2 aromatic rings. The summed E-state index contributed by atoms with van der Waals surface area (Å²) in [6.07, 6.45) is 0.684. The van der Waals surface area contributed by atoms with Crippen molar-refractivity contribution in [3.8, 4) is 0 Å². The van der Waals surface area contributed by atoms with Crippen LogP contribution in [0, 0.1) is 5.82 Å². The highest BCUT2D eigenvalue weighted by atomic mass is 32.2. The van der Waals surface area contributed by atoms with Crippen LogP contribution in [0.15, 0.2) is 53.4 Å². The summed E-state index contributed by atoms with van der Waals surface area (Å²) in [4.78, 5) is 39.8. The number of rotatable bonds is 8. The predicted octanol–water partition coefficient (Wildman–Crippen LogP) is 2.30. The summed E-state index contributed by atoms with van der Waals surface area (Å²) < 4.78 is 39.6. The number of carbonyl (C=O) groups excluding carboxylic acids is 3. The minimum atomic E-state index is -4.19. The standard InChI is InChI=1S/C23H26FN3O5S/c1-4-15(2)25-22(29)16(3)26(13-17-9-11-18(24)12-10-17)21(28)14-27-23(30)19-7-5-6-8-20(19)33(27,31)32/h5-12,15-16H,4,13-14H2,1-3H3,(H,25,29)/t15-,16-/m0/s1. The van der Waals surface area contributed by atoms with Crippen LogP contribution in [0.5, 0.6) is 0 Å². The Labute approximate surface area is 192 Å². The second-order valence-electron chi connectivity index (χ2n) is 7.95. The van der Waals surface area contributed by atoms with E-state index in [4.69, 9.17) is 0 Å². The molecule has 2 aromatic carbocycles. The Morgan fingerprint density at radius 3 is 2.33 bits per heavy atom. The topological polar surface area (TPSA) is 104 Å². The van der Waals surface area contributed by atoms with Crippen LogP contribution in [0.2, 0.25) is 0 Å². The molecule has 0 saturated heterocycles. The van der Waals surface area contributed by atoms with Crippen LogP contribution in [-0.4, -0.2) is 54.0 Å². The minimum Gasteiger partial charge on any atom is -0.352 e. The van der Waals surface area contributed by atoms with E-state index in [1.54, 1.807) is 6.07 Å². The Kier molecular flexibility index (Phi) is 7.16. The van der Waals surface area contributed by atoms with Crippen LogP contribution in [0.1, 0.15) is 43.1 Å². The van der Waals surface area contributed by atoms with Gasteiger partial charge in [0.05, 0.1) is 5.56 Å². The van der Waals surface area contributed by atoms with Gasteiger partial charge in [-0.05, 0) is 50.1 Å². The van der Waals surface area contributed by atoms with Crippen molar-refractivity contribution in [2.24, 2.45) is 0 Å². The third kappa shape index (κ3) is 5.05. The predicted molar refractivity (Wildman–Crippen MR) is 119 cm³/mol. The van der Waals surface area contributed by atoms with Gasteiger partial charge in [0.2, 0.25) is 11.8 Å². The first kappa shape index (κ1) is 24.4. The molecule has 0 unspecified atom stereocenters. The van der Waals surface area contributed by atoms with Crippen LogP contribution < -0.4 is 5.32 Å². The number of sulfonamides is 1. The fourth-order valence-electron chi connectivity index (χ4n) is 3.44. The molecule has 8 nitrogen and oxygen atoms in total. The third-order valence-electron chi connectivity index (χ3n) is 5.63. The van der Waals surface area contributed by atoms with Crippen molar-refractivity contribution in [3.63, 3.8) is 0 Å². The summed E-state index contributed by atoms with van der Waals surface area (Å²) in [5.41, 5.74) is 0.546. The van der Waals surface area contributed by atoms with Crippen LogP contribution in [0.4, 0.5) is 4.39 Å². The van der Waals surface area contributed by atoms with Crippen molar-refractivity contribution in [2.75, 3.05) is 6.54 Å². The largest absolute Gasteiger partial charge is 0.352 e. The van der Waals surface area contributed by atoms with Crippen LogP contribution in [-0.2, 0) is 26.2 Å². The van der Waals surface area contributed by atoms with E-state index in [2.05, 4.69) is 5.32 Å². The highest BCUT2D eigenvalue weighted by molar-refractivity contribution is 7.90. The fourth-order valence-corrected chi connectivity index (χ4v) is 4.95. The maximum atomic E-state index is 13.3.